The molecule has 0 unspecified atom stereocenters. The van der Waals surface area contributed by atoms with Gasteiger partial charge in [0, 0.05) is 25.8 Å². The number of benzene rings is 1. The molecule has 1 aliphatic heterocycles. The van der Waals surface area contributed by atoms with Gasteiger partial charge in [-0.05, 0) is 38.2 Å². The molecule has 20 nitrogen and oxygen atoms in total. The lowest BCUT2D eigenvalue weighted by molar-refractivity contribution is -0.145. The molecule has 52 heavy (non-hydrogen) atoms. The molecule has 1 aliphatic rings. The Balaban J connectivity index is 2.32. The summed E-state index contributed by atoms with van der Waals surface area (Å²) in [5, 5.41) is 55.6. The van der Waals surface area contributed by atoms with Crippen molar-refractivity contribution < 1.29 is 68.7 Å². The quantitative estimate of drug-likeness (QED) is 0.0608. The number of aliphatic hydroxyl groups excluding tert-OH is 1. The zero-order valence-corrected chi connectivity index (χ0v) is 28.2. The fraction of sp³-hybridized carbons (Fsp3) is 0.531. The summed E-state index contributed by atoms with van der Waals surface area (Å²) in [6, 6.07) is -0.681. The summed E-state index contributed by atoms with van der Waals surface area (Å²) < 4.78 is 0. The number of nitrogens with one attached hydrogen (secondary N) is 4. The summed E-state index contributed by atoms with van der Waals surface area (Å²) in [7, 11) is 0. The highest BCUT2D eigenvalue weighted by atomic mass is 16.4. The number of hydrogen-bond acceptors (Lipinski definition) is 11. The average Bonchev–Trinajstić information content (AvgIpc) is 3.56. The van der Waals surface area contributed by atoms with Crippen LogP contribution in [0.1, 0.15) is 57.4 Å². The van der Waals surface area contributed by atoms with E-state index in [1.165, 1.54) is 0 Å². The molecular weight excluding hydrogens is 692 g/mol. The molecule has 7 atom stereocenters. The monoisotopic (exact) mass is 736 g/mol. The minimum Gasteiger partial charge on any atom is -0.481 e. The van der Waals surface area contributed by atoms with Gasteiger partial charge in [-0.1, -0.05) is 30.3 Å². The number of aliphatic hydroxyl groups is 1. The van der Waals surface area contributed by atoms with Gasteiger partial charge in [-0.3, -0.25) is 38.4 Å². The minimum atomic E-state index is -1.83. The predicted molar refractivity (Wildman–Crippen MR) is 176 cm³/mol. The van der Waals surface area contributed by atoms with Crippen LogP contribution in [0.5, 0.6) is 0 Å². The van der Waals surface area contributed by atoms with E-state index in [0.29, 0.717) is 12.0 Å². The van der Waals surface area contributed by atoms with Crippen molar-refractivity contribution >= 4 is 53.4 Å². The number of nitrogens with zero attached hydrogens (tertiary/aromatic N) is 1. The van der Waals surface area contributed by atoms with Crippen molar-refractivity contribution in [1.82, 2.24) is 26.2 Å². The Kier molecular flexibility index (Phi) is 16.6. The fourth-order valence-electron chi connectivity index (χ4n) is 5.37. The SMILES string of the molecule is C[C@@H](O)[C@H](NC(=O)[C@H](CCC(=O)O)NC(=O)[C@H](CCC(=O)O)NC(=O)[C@@H]1CCCN1C(=O)[C@H](Cc1ccccc1)NC(=O)[C@@H](N)CC(=O)O)C(=O)O. The molecule has 2 rings (SSSR count). The topological polar surface area (TPSA) is 332 Å². The van der Waals surface area contributed by atoms with Crippen LogP contribution in [0.25, 0.3) is 0 Å². The van der Waals surface area contributed by atoms with Crippen LogP contribution < -0.4 is 27.0 Å². The number of carboxylic acid groups (broad SMARTS) is 4. The van der Waals surface area contributed by atoms with Gasteiger partial charge in [-0.15, -0.1) is 0 Å². The number of carbonyl (C=O) groups excluding carboxylic acids is 5. The van der Waals surface area contributed by atoms with E-state index in [9.17, 15) is 58.5 Å². The maximum Gasteiger partial charge on any atom is 0.328 e. The molecule has 5 amide bonds. The minimum absolute atomic E-state index is 0.0384. The molecule has 20 heteroatoms. The maximum atomic E-state index is 13.9. The van der Waals surface area contributed by atoms with Gasteiger partial charge in [-0.2, -0.15) is 0 Å². The predicted octanol–water partition coefficient (Wildman–Crippen LogP) is -2.84. The van der Waals surface area contributed by atoms with Crippen molar-refractivity contribution in [2.75, 3.05) is 6.54 Å². The van der Waals surface area contributed by atoms with Gasteiger partial charge in [0.15, 0.2) is 6.04 Å². The lowest BCUT2D eigenvalue weighted by Crippen LogP contribution is -2.59. The Hall–Kier alpha value is -5.63. The number of likely N-dealkylation sites (tertiary alicyclic amines) is 1. The smallest absolute Gasteiger partial charge is 0.328 e. The Labute approximate surface area is 297 Å². The summed E-state index contributed by atoms with van der Waals surface area (Å²) in [4.78, 5) is 113. The third-order valence-electron chi connectivity index (χ3n) is 8.07. The van der Waals surface area contributed by atoms with Crippen LogP contribution in [0, 0.1) is 0 Å². The average molecular weight is 737 g/mol. The van der Waals surface area contributed by atoms with E-state index < -0.39 is 128 Å². The molecule has 1 aromatic carbocycles. The first kappa shape index (κ1) is 42.5. The molecular formula is C32H44N6O14. The summed E-state index contributed by atoms with van der Waals surface area (Å²) in [6.07, 6.45) is -4.33. The number of hydrogen-bond donors (Lipinski definition) is 10. The number of aliphatic carboxylic acids is 4. The second-order valence-corrected chi connectivity index (χ2v) is 12.2. The zero-order valence-electron chi connectivity index (χ0n) is 28.2. The van der Waals surface area contributed by atoms with E-state index in [1.54, 1.807) is 30.3 Å². The lowest BCUT2D eigenvalue weighted by atomic mass is 10.0. The maximum absolute atomic E-state index is 13.9. The third kappa shape index (κ3) is 13.6. The van der Waals surface area contributed by atoms with Gasteiger partial charge >= 0.3 is 23.9 Å². The van der Waals surface area contributed by atoms with Crippen molar-refractivity contribution in [2.45, 2.75) is 101 Å². The molecule has 1 heterocycles. The first-order chi connectivity index (χ1) is 24.4. The second kappa shape index (κ2) is 20.3. The number of rotatable bonds is 21. The molecule has 0 radical (unpaired) electrons. The second-order valence-electron chi connectivity index (χ2n) is 12.2. The molecule has 286 valence electrons. The standard InChI is InChI=1S/C32H44N6O14/c1-16(39)26(32(51)52)37-29(48)20(10-12-24(42)43)34-28(47)19(9-11-23(40)41)35-30(49)22-8-5-13-38(22)31(50)21(14-17-6-3-2-4-7-17)36-27(46)18(33)15-25(44)45/h2-4,6-7,16,18-22,26,39H,5,8-15,33H2,1H3,(H,34,47)(H,35,49)(H,36,46)(H,37,48)(H,40,41)(H,42,43)(H,44,45)(H,51,52)/t16-,18+,19+,20+,21+,22+,26+/m1/s1. The van der Waals surface area contributed by atoms with Gasteiger partial charge in [0.05, 0.1) is 18.6 Å². The summed E-state index contributed by atoms with van der Waals surface area (Å²) in [5.41, 5.74) is 6.32. The van der Waals surface area contributed by atoms with Gasteiger partial charge in [0.2, 0.25) is 29.5 Å². The largest absolute Gasteiger partial charge is 0.481 e. The van der Waals surface area contributed by atoms with Gasteiger partial charge in [-0.25, -0.2) is 4.79 Å². The molecule has 1 aromatic rings. The fourth-order valence-corrected chi connectivity index (χ4v) is 5.37. The van der Waals surface area contributed by atoms with E-state index in [1.807, 2.05) is 5.32 Å². The van der Waals surface area contributed by atoms with Crippen molar-refractivity contribution in [3.8, 4) is 0 Å². The number of nitrogens with two attached hydrogens (primary N) is 1. The van der Waals surface area contributed by atoms with E-state index in [0.717, 1.165) is 11.8 Å². The van der Waals surface area contributed by atoms with Crippen LogP contribution in [0.4, 0.5) is 0 Å². The highest BCUT2D eigenvalue weighted by molar-refractivity contribution is 5.97. The summed E-state index contributed by atoms with van der Waals surface area (Å²) in [6.45, 7) is 1.11. The van der Waals surface area contributed by atoms with Crippen molar-refractivity contribution in [3.05, 3.63) is 35.9 Å². The lowest BCUT2D eigenvalue weighted by Gasteiger charge is -2.30. The van der Waals surface area contributed by atoms with Crippen molar-refractivity contribution in [2.24, 2.45) is 5.73 Å². The van der Waals surface area contributed by atoms with Crippen LogP contribution in [-0.4, -0.2) is 133 Å². The third-order valence-corrected chi connectivity index (χ3v) is 8.07. The molecule has 1 saturated heterocycles. The number of carboxylic acids is 4. The molecule has 0 saturated carbocycles. The van der Waals surface area contributed by atoms with Gasteiger partial charge in [0.25, 0.3) is 0 Å². The Bertz CT molecular complexity index is 1490. The van der Waals surface area contributed by atoms with Crippen LogP contribution in [0.15, 0.2) is 30.3 Å². The van der Waals surface area contributed by atoms with Crippen LogP contribution >= 0.6 is 0 Å². The first-order valence-corrected chi connectivity index (χ1v) is 16.3. The Morgan fingerprint density at radius 1 is 0.769 bits per heavy atom. The highest BCUT2D eigenvalue weighted by Gasteiger charge is 2.40. The van der Waals surface area contributed by atoms with E-state index in [4.69, 9.17) is 15.9 Å². The molecule has 0 aromatic heterocycles. The highest BCUT2D eigenvalue weighted by Crippen LogP contribution is 2.21. The van der Waals surface area contributed by atoms with Crippen LogP contribution in [0.3, 0.4) is 0 Å². The molecule has 0 spiro atoms. The number of carbonyl (C=O) groups is 9. The first-order valence-electron chi connectivity index (χ1n) is 16.3. The number of amides is 5. The Morgan fingerprint density at radius 2 is 1.31 bits per heavy atom. The van der Waals surface area contributed by atoms with Crippen LogP contribution in [-0.2, 0) is 49.6 Å². The van der Waals surface area contributed by atoms with E-state index in [2.05, 4.69) is 16.0 Å². The van der Waals surface area contributed by atoms with Gasteiger partial charge < -0.3 is 57.4 Å². The molecule has 11 N–H and O–H groups in total. The summed E-state index contributed by atoms with van der Waals surface area (Å²) >= 11 is 0. The molecule has 0 aliphatic carbocycles. The van der Waals surface area contributed by atoms with Crippen molar-refractivity contribution in [3.63, 3.8) is 0 Å². The normalized spacial score (nSPS) is 17.3. The zero-order chi connectivity index (χ0) is 39.1. The summed E-state index contributed by atoms with van der Waals surface area (Å²) in [5.74, 6) is -10.5. The van der Waals surface area contributed by atoms with Gasteiger partial charge in [0.1, 0.15) is 24.2 Å². The van der Waals surface area contributed by atoms with Crippen molar-refractivity contribution in [1.29, 1.82) is 0 Å². The van der Waals surface area contributed by atoms with Crippen LogP contribution in [0.2, 0.25) is 0 Å². The molecule has 1 fully saturated rings. The van der Waals surface area contributed by atoms with E-state index in [-0.39, 0.29) is 19.4 Å². The molecule has 0 bridgehead atoms. The Morgan fingerprint density at radius 3 is 1.83 bits per heavy atom. The van der Waals surface area contributed by atoms with E-state index >= 15 is 0 Å².